The summed E-state index contributed by atoms with van der Waals surface area (Å²) in [5.74, 6) is 0.318. The molecule has 0 saturated carbocycles. The topological polar surface area (TPSA) is 32.3 Å². The molecule has 0 aliphatic heterocycles. The summed E-state index contributed by atoms with van der Waals surface area (Å²) in [6, 6.07) is 52.5. The zero-order valence-corrected chi connectivity index (χ0v) is 25.3. The molecule has 0 bridgehead atoms. The molecule has 0 unspecified atom stereocenters. The number of fused-ring (bicyclic) bond motifs is 1. The standard InChI is InChI=1S/C42H27FN4/c43-35-16-8-10-18-39(35)46(31-12-3-1-4-13-31)37-25-21-28-20-24-34-38(26-22-29-19-23-33(37)40(28)41(29)34)47(32-14-5-2-6-15-32)42-44-27-30-11-7-9-17-36(30)45-42/h1-27H. The highest BCUT2D eigenvalue weighted by molar-refractivity contribution is 6.28. The van der Waals surface area contributed by atoms with Crippen molar-refractivity contribution in [2.45, 2.75) is 0 Å². The van der Waals surface area contributed by atoms with Gasteiger partial charge in [-0.1, -0.05) is 103 Å². The highest BCUT2D eigenvalue weighted by Crippen LogP contribution is 2.47. The lowest BCUT2D eigenvalue weighted by atomic mass is 9.92. The molecule has 8 aromatic carbocycles. The van der Waals surface area contributed by atoms with Gasteiger partial charge < -0.3 is 4.90 Å². The minimum atomic E-state index is -0.279. The third-order valence-corrected chi connectivity index (χ3v) is 8.90. The fraction of sp³-hybridized carbons (Fsp3) is 0. The lowest BCUT2D eigenvalue weighted by molar-refractivity contribution is 0.629. The Kier molecular flexibility index (Phi) is 6.28. The first kappa shape index (κ1) is 27.0. The van der Waals surface area contributed by atoms with Crippen LogP contribution in [0.5, 0.6) is 0 Å². The Morgan fingerprint density at radius 3 is 1.62 bits per heavy atom. The van der Waals surface area contributed by atoms with Crippen molar-refractivity contribution in [3.05, 3.63) is 170 Å². The third kappa shape index (κ3) is 4.43. The number of benzene rings is 8. The summed E-state index contributed by atoms with van der Waals surface area (Å²) < 4.78 is 15.5. The monoisotopic (exact) mass is 606 g/mol. The SMILES string of the molecule is Fc1ccccc1N(c1ccccc1)c1ccc2ccc3c(N(c4ccccc4)c4ncc5ccccc5n4)ccc4ccc1c2c43. The summed E-state index contributed by atoms with van der Waals surface area (Å²) in [6.07, 6.45) is 1.89. The second kappa shape index (κ2) is 10.9. The van der Waals surface area contributed by atoms with Gasteiger partial charge in [-0.25, -0.2) is 14.4 Å². The van der Waals surface area contributed by atoms with Gasteiger partial charge in [-0.2, -0.15) is 0 Å². The first-order chi connectivity index (χ1) is 23.2. The van der Waals surface area contributed by atoms with E-state index < -0.39 is 0 Å². The molecule has 5 heteroatoms. The number of halogens is 1. The lowest BCUT2D eigenvalue weighted by Gasteiger charge is -2.28. The van der Waals surface area contributed by atoms with E-state index in [1.165, 1.54) is 6.07 Å². The number of rotatable bonds is 6. The molecule has 0 spiro atoms. The Hall–Kier alpha value is -6.33. The molecule has 0 radical (unpaired) electrons. The van der Waals surface area contributed by atoms with E-state index in [1.807, 2.05) is 96.0 Å². The molecular formula is C42H27FN4. The first-order valence-corrected chi connectivity index (χ1v) is 15.6. The number of anilines is 6. The van der Waals surface area contributed by atoms with Crippen molar-refractivity contribution in [2.24, 2.45) is 0 Å². The van der Waals surface area contributed by atoms with Gasteiger partial charge in [-0.05, 0) is 76.1 Å². The van der Waals surface area contributed by atoms with Crippen LogP contribution in [0.1, 0.15) is 0 Å². The molecule has 0 atom stereocenters. The van der Waals surface area contributed by atoms with E-state index in [0.29, 0.717) is 11.6 Å². The van der Waals surface area contributed by atoms with Crippen molar-refractivity contribution in [3.63, 3.8) is 0 Å². The predicted molar refractivity (Wildman–Crippen MR) is 193 cm³/mol. The van der Waals surface area contributed by atoms with Crippen LogP contribution in [0.3, 0.4) is 0 Å². The zero-order chi connectivity index (χ0) is 31.3. The highest BCUT2D eigenvalue weighted by atomic mass is 19.1. The van der Waals surface area contributed by atoms with Crippen LogP contribution in [0.15, 0.2) is 164 Å². The van der Waals surface area contributed by atoms with Crippen molar-refractivity contribution >= 4 is 77.6 Å². The zero-order valence-electron chi connectivity index (χ0n) is 25.3. The fourth-order valence-corrected chi connectivity index (χ4v) is 6.79. The van der Waals surface area contributed by atoms with Crippen LogP contribution in [-0.4, -0.2) is 9.97 Å². The summed E-state index contributed by atoms with van der Waals surface area (Å²) >= 11 is 0. The van der Waals surface area contributed by atoms with Gasteiger partial charge >= 0.3 is 0 Å². The molecule has 9 aromatic rings. The van der Waals surface area contributed by atoms with Crippen molar-refractivity contribution in [1.82, 2.24) is 9.97 Å². The molecule has 1 aromatic heterocycles. The molecule has 0 aliphatic rings. The number of aromatic nitrogens is 2. The van der Waals surface area contributed by atoms with E-state index >= 15 is 4.39 Å². The van der Waals surface area contributed by atoms with Crippen LogP contribution >= 0.6 is 0 Å². The van der Waals surface area contributed by atoms with Crippen LogP contribution in [0, 0.1) is 5.82 Å². The van der Waals surface area contributed by atoms with Gasteiger partial charge in [0.1, 0.15) is 5.82 Å². The maximum absolute atomic E-state index is 15.5. The van der Waals surface area contributed by atoms with Gasteiger partial charge in [-0.15, -0.1) is 0 Å². The van der Waals surface area contributed by atoms with Gasteiger partial charge in [0, 0.05) is 33.7 Å². The van der Waals surface area contributed by atoms with Crippen LogP contribution in [-0.2, 0) is 0 Å². The summed E-state index contributed by atoms with van der Waals surface area (Å²) in [5.41, 5.74) is 5.12. The molecule has 0 N–H and O–H groups in total. The molecule has 1 heterocycles. The highest BCUT2D eigenvalue weighted by Gasteiger charge is 2.23. The lowest BCUT2D eigenvalue weighted by Crippen LogP contribution is -2.14. The van der Waals surface area contributed by atoms with Crippen LogP contribution in [0.25, 0.3) is 43.2 Å². The smallest absolute Gasteiger partial charge is 0.235 e. The largest absolute Gasteiger partial charge is 0.307 e. The second-order valence-electron chi connectivity index (χ2n) is 11.6. The fourth-order valence-electron chi connectivity index (χ4n) is 6.79. The Morgan fingerprint density at radius 1 is 0.426 bits per heavy atom. The predicted octanol–water partition coefficient (Wildman–Crippen LogP) is 11.6. The summed E-state index contributed by atoms with van der Waals surface area (Å²) in [7, 11) is 0. The van der Waals surface area contributed by atoms with Crippen LogP contribution in [0.4, 0.5) is 38.8 Å². The molecule has 0 saturated heterocycles. The van der Waals surface area contributed by atoms with Crippen molar-refractivity contribution in [2.75, 3.05) is 9.80 Å². The minimum Gasteiger partial charge on any atom is -0.307 e. The molecule has 4 nitrogen and oxygen atoms in total. The summed E-state index contributed by atoms with van der Waals surface area (Å²) in [4.78, 5) is 14.0. The average Bonchev–Trinajstić information content (AvgIpc) is 3.13. The van der Waals surface area contributed by atoms with E-state index in [-0.39, 0.29) is 5.82 Å². The maximum atomic E-state index is 15.5. The molecule has 222 valence electrons. The second-order valence-corrected chi connectivity index (χ2v) is 11.6. The number of para-hydroxylation sites is 4. The molecule has 9 rings (SSSR count). The molecular weight excluding hydrogens is 579 g/mol. The van der Waals surface area contributed by atoms with Gasteiger partial charge in [0.05, 0.1) is 22.6 Å². The van der Waals surface area contributed by atoms with Gasteiger partial charge in [0.2, 0.25) is 5.95 Å². The number of hydrogen-bond acceptors (Lipinski definition) is 4. The summed E-state index contributed by atoms with van der Waals surface area (Å²) in [6.45, 7) is 0. The van der Waals surface area contributed by atoms with E-state index in [1.54, 1.807) is 6.07 Å². The van der Waals surface area contributed by atoms with Crippen molar-refractivity contribution in [3.8, 4) is 0 Å². The van der Waals surface area contributed by atoms with E-state index in [4.69, 9.17) is 9.97 Å². The molecule has 47 heavy (non-hydrogen) atoms. The Bertz CT molecular complexity index is 2550. The van der Waals surface area contributed by atoms with Crippen molar-refractivity contribution in [1.29, 1.82) is 0 Å². The van der Waals surface area contributed by atoms with E-state index in [2.05, 4.69) is 65.6 Å². The Balaban J connectivity index is 1.32. The minimum absolute atomic E-state index is 0.279. The molecule has 0 aliphatic carbocycles. The molecule has 0 amide bonds. The molecule has 0 fully saturated rings. The normalized spacial score (nSPS) is 11.5. The van der Waals surface area contributed by atoms with Crippen molar-refractivity contribution < 1.29 is 4.39 Å². The quantitative estimate of drug-likeness (QED) is 0.176. The first-order valence-electron chi connectivity index (χ1n) is 15.6. The van der Waals surface area contributed by atoms with Gasteiger partial charge in [0.25, 0.3) is 0 Å². The maximum Gasteiger partial charge on any atom is 0.235 e. The van der Waals surface area contributed by atoms with Crippen LogP contribution < -0.4 is 9.80 Å². The number of hydrogen-bond donors (Lipinski definition) is 0. The van der Waals surface area contributed by atoms with E-state index in [9.17, 15) is 0 Å². The van der Waals surface area contributed by atoms with Gasteiger partial charge in [0.15, 0.2) is 0 Å². The Labute approximate surface area is 270 Å². The van der Waals surface area contributed by atoms with E-state index in [0.717, 1.165) is 66.0 Å². The third-order valence-electron chi connectivity index (χ3n) is 8.90. The van der Waals surface area contributed by atoms with Gasteiger partial charge in [-0.3, -0.25) is 4.90 Å². The average molecular weight is 607 g/mol. The summed E-state index contributed by atoms with van der Waals surface area (Å²) in [5, 5.41) is 7.63. The van der Waals surface area contributed by atoms with Crippen LogP contribution in [0.2, 0.25) is 0 Å². The Morgan fingerprint density at radius 2 is 0.957 bits per heavy atom. The number of nitrogens with zero attached hydrogens (tertiary/aromatic N) is 4.